The first-order chi connectivity index (χ1) is 17.0. The zero-order chi connectivity index (χ0) is 26.2. The zero-order valence-electron chi connectivity index (χ0n) is 20.5. The number of pyridine rings is 1. The number of rotatable bonds is 6. The number of nitrogens with zero attached hydrogens (tertiary/aromatic N) is 5. The van der Waals surface area contributed by atoms with E-state index in [-0.39, 0.29) is 17.9 Å². The normalized spacial score (nSPS) is 11.5. The van der Waals surface area contributed by atoms with Crippen LogP contribution in [0.25, 0.3) is 22.2 Å². The Morgan fingerprint density at radius 3 is 2.61 bits per heavy atom. The monoisotopic (exact) mass is 494 g/mol. The average Bonchev–Trinajstić information content (AvgIpc) is 3.23. The van der Waals surface area contributed by atoms with Crippen molar-refractivity contribution >= 4 is 34.5 Å². The van der Waals surface area contributed by atoms with E-state index in [0.717, 1.165) is 0 Å². The van der Waals surface area contributed by atoms with Crippen LogP contribution in [-0.2, 0) is 19.5 Å². The highest BCUT2D eigenvalue weighted by atomic mass is 19.1. The number of carbonyl (C=O) groups is 1. The number of hydrogen-bond acceptors (Lipinski definition) is 7. The summed E-state index contributed by atoms with van der Waals surface area (Å²) in [5.41, 5.74) is 0.722. The molecular weight excluding hydrogens is 467 g/mol. The maximum absolute atomic E-state index is 14.6. The van der Waals surface area contributed by atoms with E-state index in [4.69, 9.17) is 0 Å². The minimum Gasteiger partial charge on any atom is -0.395 e. The van der Waals surface area contributed by atoms with Crippen LogP contribution in [-0.4, -0.2) is 49.1 Å². The molecule has 0 saturated carbocycles. The lowest BCUT2D eigenvalue weighted by Crippen LogP contribution is -2.22. The van der Waals surface area contributed by atoms with E-state index in [1.54, 1.807) is 39.5 Å². The third kappa shape index (κ3) is 4.62. The Morgan fingerprint density at radius 1 is 1.17 bits per heavy atom. The maximum Gasteiger partial charge on any atom is 0.324 e. The summed E-state index contributed by atoms with van der Waals surface area (Å²) in [4.78, 5) is 34.2. The van der Waals surface area contributed by atoms with Gasteiger partial charge in [0, 0.05) is 49.8 Å². The molecular formula is C24H27FN8O3. The summed E-state index contributed by atoms with van der Waals surface area (Å²) in [5.74, 6) is 0.0792. The molecule has 4 rings (SSSR count). The number of fused-ring (bicyclic) bond motifs is 1. The number of anilines is 3. The number of benzene rings is 1. The fourth-order valence-corrected chi connectivity index (χ4v) is 3.63. The van der Waals surface area contributed by atoms with Crippen molar-refractivity contribution in [2.75, 3.05) is 29.6 Å². The van der Waals surface area contributed by atoms with Gasteiger partial charge in [0.15, 0.2) is 0 Å². The molecule has 4 N–H and O–H groups in total. The first-order valence-corrected chi connectivity index (χ1v) is 11.1. The number of aliphatic hydroxyl groups is 1. The Bertz CT molecular complexity index is 1530. The van der Waals surface area contributed by atoms with Crippen molar-refractivity contribution < 1.29 is 14.3 Å². The van der Waals surface area contributed by atoms with Crippen LogP contribution in [0, 0.1) is 5.82 Å². The summed E-state index contributed by atoms with van der Waals surface area (Å²) in [7, 11) is 4.92. The van der Waals surface area contributed by atoms with E-state index in [9.17, 15) is 19.1 Å². The Morgan fingerprint density at radius 2 is 1.92 bits per heavy atom. The van der Waals surface area contributed by atoms with E-state index in [2.05, 4.69) is 31.0 Å². The SMILES string of the molecule is CNc1ncc2cc(-c3ccc(F)c(NC(=O)Nc4cc(C(C)(C)CO)nn4C)c3)c(=O)n(C)c2n1. The molecule has 0 radical (unpaired) electrons. The first-order valence-electron chi connectivity index (χ1n) is 11.1. The van der Waals surface area contributed by atoms with Crippen molar-refractivity contribution in [1.29, 1.82) is 0 Å². The fourth-order valence-electron chi connectivity index (χ4n) is 3.63. The quantitative estimate of drug-likeness (QED) is 0.323. The molecule has 0 aliphatic rings. The Labute approximate surface area is 206 Å². The standard InChI is InChI=1S/C24H27FN8O3/c1-24(2,12-34)18-10-19(33(5)31-18)29-23(36)28-17-9-13(6-7-16(17)25)15-8-14-11-27-22(26-3)30-20(14)32(4)21(15)35/h6-11,34H,12H2,1-5H3,(H,26,27,30)(H2,28,29,36). The van der Waals surface area contributed by atoms with Crippen LogP contribution in [0.2, 0.25) is 0 Å². The lowest BCUT2D eigenvalue weighted by Gasteiger charge is -2.17. The van der Waals surface area contributed by atoms with Crippen LogP contribution < -0.4 is 21.5 Å². The molecule has 4 aromatic rings. The van der Waals surface area contributed by atoms with Gasteiger partial charge in [-0.2, -0.15) is 10.1 Å². The van der Waals surface area contributed by atoms with Gasteiger partial charge < -0.3 is 15.7 Å². The highest BCUT2D eigenvalue weighted by Gasteiger charge is 2.24. The molecule has 0 aliphatic heterocycles. The van der Waals surface area contributed by atoms with E-state index in [0.29, 0.717) is 39.6 Å². The number of aryl methyl sites for hydroxylation is 2. The molecule has 188 valence electrons. The summed E-state index contributed by atoms with van der Waals surface area (Å²) in [6.07, 6.45) is 1.59. The molecule has 0 atom stereocenters. The summed E-state index contributed by atoms with van der Waals surface area (Å²) in [6.45, 7) is 3.52. The summed E-state index contributed by atoms with van der Waals surface area (Å²) in [6, 6.07) is 6.62. The lowest BCUT2D eigenvalue weighted by atomic mass is 9.91. The summed E-state index contributed by atoms with van der Waals surface area (Å²) >= 11 is 0. The van der Waals surface area contributed by atoms with E-state index in [1.165, 1.54) is 27.4 Å². The third-order valence-electron chi connectivity index (χ3n) is 5.91. The molecule has 0 bridgehead atoms. The molecule has 11 nitrogen and oxygen atoms in total. The molecule has 3 aromatic heterocycles. The molecule has 3 heterocycles. The van der Waals surface area contributed by atoms with Crippen LogP contribution in [0.1, 0.15) is 19.5 Å². The fraction of sp³-hybridized carbons (Fsp3) is 0.292. The third-order valence-corrected chi connectivity index (χ3v) is 5.91. The average molecular weight is 495 g/mol. The summed E-state index contributed by atoms with van der Waals surface area (Å²) < 4.78 is 17.4. The minimum atomic E-state index is -0.693. The number of amides is 2. The van der Waals surface area contributed by atoms with Crippen LogP contribution in [0.5, 0.6) is 0 Å². The van der Waals surface area contributed by atoms with Crippen LogP contribution >= 0.6 is 0 Å². The van der Waals surface area contributed by atoms with Crippen molar-refractivity contribution in [3.8, 4) is 11.1 Å². The van der Waals surface area contributed by atoms with Gasteiger partial charge in [-0.05, 0) is 23.8 Å². The molecule has 36 heavy (non-hydrogen) atoms. The van der Waals surface area contributed by atoms with Gasteiger partial charge in [-0.15, -0.1) is 0 Å². The second kappa shape index (κ2) is 9.38. The van der Waals surface area contributed by atoms with Crippen molar-refractivity contribution in [2.45, 2.75) is 19.3 Å². The lowest BCUT2D eigenvalue weighted by molar-refractivity contribution is 0.214. The molecule has 0 aliphatic carbocycles. The van der Waals surface area contributed by atoms with Gasteiger partial charge >= 0.3 is 6.03 Å². The second-order valence-electron chi connectivity index (χ2n) is 9.00. The Hall–Kier alpha value is -4.32. The van der Waals surface area contributed by atoms with E-state index < -0.39 is 17.3 Å². The minimum absolute atomic E-state index is 0.105. The van der Waals surface area contributed by atoms with Crippen LogP contribution in [0.15, 0.2) is 41.3 Å². The predicted octanol–water partition coefficient (Wildman–Crippen LogP) is 2.82. The molecule has 12 heteroatoms. The van der Waals surface area contributed by atoms with Gasteiger partial charge in [0.2, 0.25) is 5.95 Å². The maximum atomic E-state index is 14.6. The van der Waals surface area contributed by atoms with E-state index >= 15 is 0 Å². The van der Waals surface area contributed by atoms with Gasteiger partial charge in [-0.3, -0.25) is 19.4 Å². The molecule has 1 aromatic carbocycles. The van der Waals surface area contributed by atoms with Gasteiger partial charge in [0.25, 0.3) is 5.56 Å². The van der Waals surface area contributed by atoms with Crippen molar-refractivity contribution in [1.82, 2.24) is 24.3 Å². The van der Waals surface area contributed by atoms with Crippen molar-refractivity contribution in [3.63, 3.8) is 0 Å². The number of nitrogens with one attached hydrogen (secondary N) is 3. The Kier molecular flexibility index (Phi) is 6.46. The predicted molar refractivity (Wildman–Crippen MR) is 136 cm³/mol. The molecule has 0 saturated heterocycles. The molecule has 0 unspecified atom stereocenters. The molecule has 0 spiro atoms. The number of aliphatic hydroxyl groups excluding tert-OH is 1. The number of hydrogen-bond donors (Lipinski definition) is 4. The first kappa shape index (κ1) is 24.8. The van der Waals surface area contributed by atoms with Gasteiger partial charge in [0.1, 0.15) is 17.3 Å². The van der Waals surface area contributed by atoms with Gasteiger partial charge in [-0.25, -0.2) is 14.2 Å². The van der Waals surface area contributed by atoms with Crippen molar-refractivity contribution in [2.24, 2.45) is 14.1 Å². The van der Waals surface area contributed by atoms with Crippen LogP contribution in [0.3, 0.4) is 0 Å². The smallest absolute Gasteiger partial charge is 0.324 e. The molecule has 0 fully saturated rings. The number of halogens is 1. The van der Waals surface area contributed by atoms with Gasteiger partial charge in [-0.1, -0.05) is 19.9 Å². The number of urea groups is 1. The second-order valence-corrected chi connectivity index (χ2v) is 9.00. The Balaban J connectivity index is 1.63. The van der Waals surface area contributed by atoms with Gasteiger partial charge in [0.05, 0.1) is 18.0 Å². The highest BCUT2D eigenvalue weighted by molar-refractivity contribution is 5.99. The highest BCUT2D eigenvalue weighted by Crippen LogP contribution is 2.26. The van der Waals surface area contributed by atoms with Crippen LogP contribution in [0.4, 0.5) is 26.6 Å². The van der Waals surface area contributed by atoms with E-state index in [1.807, 2.05) is 13.8 Å². The van der Waals surface area contributed by atoms with Crippen molar-refractivity contribution in [3.05, 3.63) is 58.4 Å². The molecule has 2 amide bonds. The number of carbonyl (C=O) groups excluding carboxylic acids is 1. The number of aromatic nitrogens is 5. The summed E-state index contributed by atoms with van der Waals surface area (Å²) in [5, 5.41) is 22.5. The largest absolute Gasteiger partial charge is 0.395 e. The topological polar surface area (TPSA) is 139 Å². The zero-order valence-corrected chi connectivity index (χ0v) is 20.5.